The van der Waals surface area contributed by atoms with Crippen LogP contribution in [0.1, 0.15) is 30.0 Å². The minimum atomic E-state index is -3.81. The van der Waals surface area contributed by atoms with Gasteiger partial charge in [-0.3, -0.25) is 0 Å². The van der Waals surface area contributed by atoms with Gasteiger partial charge in [0, 0.05) is 12.1 Å². The van der Waals surface area contributed by atoms with Crippen LogP contribution in [0.15, 0.2) is 47.4 Å². The maximum absolute atomic E-state index is 13.3. The Morgan fingerprint density at radius 3 is 2.62 bits per heavy atom. The van der Waals surface area contributed by atoms with Gasteiger partial charge in [0.05, 0.1) is 30.7 Å². The standard InChI is InChI=1S/C19H20N2O4S/c1-24-15-9-10-18(25-2)16(12-15)17-7-5-11-21(17)26(22,23)19-8-4-3-6-14(19)13-20/h3-4,6,8-10,12,17H,5,7,11H2,1-2H3. The summed E-state index contributed by atoms with van der Waals surface area (Å²) < 4.78 is 38.7. The molecule has 6 nitrogen and oxygen atoms in total. The van der Waals surface area contributed by atoms with Gasteiger partial charge < -0.3 is 9.47 Å². The normalized spacial score (nSPS) is 17.7. The van der Waals surface area contributed by atoms with Crippen LogP contribution in [-0.2, 0) is 10.0 Å². The van der Waals surface area contributed by atoms with E-state index >= 15 is 0 Å². The lowest BCUT2D eigenvalue weighted by Gasteiger charge is -2.26. The second kappa shape index (κ2) is 7.36. The van der Waals surface area contributed by atoms with Gasteiger partial charge in [-0.1, -0.05) is 12.1 Å². The average molecular weight is 372 g/mol. The van der Waals surface area contributed by atoms with Crippen molar-refractivity contribution in [3.63, 3.8) is 0 Å². The van der Waals surface area contributed by atoms with Crippen molar-refractivity contribution in [2.24, 2.45) is 0 Å². The highest BCUT2D eigenvalue weighted by molar-refractivity contribution is 7.89. The first kappa shape index (κ1) is 18.2. The minimum absolute atomic E-state index is 0.0382. The Hall–Kier alpha value is -2.56. The fourth-order valence-electron chi connectivity index (χ4n) is 3.35. The smallest absolute Gasteiger partial charge is 0.244 e. The maximum Gasteiger partial charge on any atom is 0.244 e. The molecule has 2 aromatic carbocycles. The molecule has 0 aliphatic carbocycles. The van der Waals surface area contributed by atoms with Crippen LogP contribution in [-0.4, -0.2) is 33.5 Å². The first-order valence-electron chi connectivity index (χ1n) is 8.26. The summed E-state index contributed by atoms with van der Waals surface area (Å²) in [5.41, 5.74) is 0.915. The summed E-state index contributed by atoms with van der Waals surface area (Å²) >= 11 is 0. The van der Waals surface area contributed by atoms with E-state index in [1.165, 1.54) is 16.4 Å². The maximum atomic E-state index is 13.3. The number of rotatable bonds is 5. The largest absolute Gasteiger partial charge is 0.497 e. The van der Waals surface area contributed by atoms with E-state index in [-0.39, 0.29) is 16.5 Å². The molecule has 3 rings (SSSR count). The predicted octanol–water partition coefficient (Wildman–Crippen LogP) is 3.10. The van der Waals surface area contributed by atoms with Crippen LogP contribution in [0.25, 0.3) is 0 Å². The van der Waals surface area contributed by atoms with E-state index in [1.54, 1.807) is 38.5 Å². The van der Waals surface area contributed by atoms with Gasteiger partial charge in [0.2, 0.25) is 10.0 Å². The first-order valence-corrected chi connectivity index (χ1v) is 9.70. The van der Waals surface area contributed by atoms with Crippen LogP contribution in [0.3, 0.4) is 0 Å². The zero-order valence-electron chi connectivity index (χ0n) is 14.7. The van der Waals surface area contributed by atoms with Crippen LogP contribution in [0.5, 0.6) is 11.5 Å². The van der Waals surface area contributed by atoms with Crippen molar-refractivity contribution in [2.45, 2.75) is 23.8 Å². The summed E-state index contributed by atoms with van der Waals surface area (Å²) in [7, 11) is -0.682. The fraction of sp³-hybridized carbons (Fsp3) is 0.316. The highest BCUT2D eigenvalue weighted by Crippen LogP contribution is 2.41. The van der Waals surface area contributed by atoms with Gasteiger partial charge in [0.25, 0.3) is 0 Å². The lowest BCUT2D eigenvalue weighted by molar-refractivity contribution is 0.361. The van der Waals surface area contributed by atoms with E-state index in [4.69, 9.17) is 9.47 Å². The number of methoxy groups -OCH3 is 2. The minimum Gasteiger partial charge on any atom is -0.497 e. The molecule has 136 valence electrons. The van der Waals surface area contributed by atoms with Crippen molar-refractivity contribution in [2.75, 3.05) is 20.8 Å². The highest BCUT2D eigenvalue weighted by atomic mass is 32.2. The Morgan fingerprint density at radius 1 is 1.15 bits per heavy atom. The summed E-state index contributed by atoms with van der Waals surface area (Å²) in [5, 5.41) is 9.29. The zero-order chi connectivity index (χ0) is 18.7. The van der Waals surface area contributed by atoms with E-state index in [0.717, 1.165) is 12.0 Å². The second-order valence-corrected chi connectivity index (χ2v) is 7.85. The first-order chi connectivity index (χ1) is 12.5. The van der Waals surface area contributed by atoms with Crippen molar-refractivity contribution in [3.05, 3.63) is 53.6 Å². The number of ether oxygens (including phenoxy) is 2. The molecule has 0 aromatic heterocycles. The molecule has 1 aliphatic rings. The molecule has 0 amide bonds. The molecular weight excluding hydrogens is 352 g/mol. The fourth-order valence-corrected chi connectivity index (χ4v) is 5.17. The topological polar surface area (TPSA) is 79.6 Å². The van der Waals surface area contributed by atoms with Crippen molar-refractivity contribution >= 4 is 10.0 Å². The number of hydrogen-bond donors (Lipinski definition) is 0. The summed E-state index contributed by atoms with van der Waals surface area (Å²) in [6.45, 7) is 0.396. The van der Waals surface area contributed by atoms with Gasteiger partial charge in [0.15, 0.2) is 0 Å². The van der Waals surface area contributed by atoms with Crippen LogP contribution < -0.4 is 9.47 Å². The molecule has 7 heteroatoms. The van der Waals surface area contributed by atoms with E-state index in [2.05, 4.69) is 0 Å². The molecule has 1 saturated heterocycles. The van der Waals surface area contributed by atoms with Gasteiger partial charge in [-0.05, 0) is 43.2 Å². The Kier molecular flexibility index (Phi) is 5.16. The van der Waals surface area contributed by atoms with Gasteiger partial charge in [-0.2, -0.15) is 9.57 Å². The molecule has 26 heavy (non-hydrogen) atoms. The van der Waals surface area contributed by atoms with Crippen molar-refractivity contribution in [1.82, 2.24) is 4.31 Å². The lowest BCUT2D eigenvalue weighted by Crippen LogP contribution is -2.31. The number of sulfonamides is 1. The molecule has 1 fully saturated rings. The van der Waals surface area contributed by atoms with Gasteiger partial charge in [0.1, 0.15) is 17.6 Å². The molecule has 1 heterocycles. The molecule has 1 unspecified atom stereocenters. The van der Waals surface area contributed by atoms with Crippen molar-refractivity contribution in [1.29, 1.82) is 5.26 Å². The Balaban J connectivity index is 2.08. The number of nitrogens with zero attached hydrogens (tertiary/aromatic N) is 2. The number of benzene rings is 2. The van der Waals surface area contributed by atoms with Gasteiger partial charge in [-0.15, -0.1) is 0 Å². The lowest BCUT2D eigenvalue weighted by atomic mass is 10.0. The Morgan fingerprint density at radius 2 is 1.92 bits per heavy atom. The monoisotopic (exact) mass is 372 g/mol. The summed E-state index contributed by atoms with van der Waals surface area (Å²) in [6, 6.07) is 13.3. The van der Waals surface area contributed by atoms with E-state index in [0.29, 0.717) is 24.5 Å². The second-order valence-electron chi connectivity index (χ2n) is 5.99. The van der Waals surface area contributed by atoms with E-state index in [1.807, 2.05) is 12.1 Å². The molecular formula is C19H20N2O4S. The molecule has 0 radical (unpaired) electrons. The molecule has 1 atom stereocenters. The van der Waals surface area contributed by atoms with Crippen LogP contribution in [0.2, 0.25) is 0 Å². The Labute approximate surface area is 153 Å². The summed E-state index contributed by atoms with van der Waals surface area (Å²) in [4.78, 5) is 0.0382. The molecule has 0 bridgehead atoms. The zero-order valence-corrected chi connectivity index (χ0v) is 15.5. The number of nitriles is 1. The summed E-state index contributed by atoms with van der Waals surface area (Å²) in [5.74, 6) is 1.26. The van der Waals surface area contributed by atoms with E-state index in [9.17, 15) is 13.7 Å². The number of hydrogen-bond acceptors (Lipinski definition) is 5. The van der Waals surface area contributed by atoms with Crippen LogP contribution in [0, 0.1) is 11.3 Å². The quantitative estimate of drug-likeness (QED) is 0.806. The third-order valence-corrected chi connectivity index (χ3v) is 6.56. The molecule has 0 saturated carbocycles. The van der Waals surface area contributed by atoms with Crippen LogP contribution in [0.4, 0.5) is 0 Å². The highest BCUT2D eigenvalue weighted by Gasteiger charge is 2.38. The third-order valence-electron chi connectivity index (χ3n) is 4.59. The van der Waals surface area contributed by atoms with Gasteiger partial charge in [-0.25, -0.2) is 8.42 Å². The molecule has 2 aromatic rings. The van der Waals surface area contributed by atoms with Crippen LogP contribution >= 0.6 is 0 Å². The summed E-state index contributed by atoms with van der Waals surface area (Å²) in [6.07, 6.45) is 1.41. The molecule has 0 N–H and O–H groups in total. The third kappa shape index (κ3) is 3.14. The van der Waals surface area contributed by atoms with E-state index < -0.39 is 10.0 Å². The van der Waals surface area contributed by atoms with Crippen molar-refractivity contribution < 1.29 is 17.9 Å². The SMILES string of the molecule is COc1ccc(OC)c(C2CCCN2S(=O)(=O)c2ccccc2C#N)c1. The average Bonchev–Trinajstić information content (AvgIpc) is 3.18. The Bertz CT molecular complexity index is 950. The predicted molar refractivity (Wildman–Crippen MR) is 96.6 cm³/mol. The molecule has 0 spiro atoms. The van der Waals surface area contributed by atoms with Crippen molar-refractivity contribution in [3.8, 4) is 17.6 Å². The van der Waals surface area contributed by atoms with Gasteiger partial charge >= 0.3 is 0 Å². The molecule has 1 aliphatic heterocycles.